The molecule has 2 heterocycles. The number of hydrogen-bond donors (Lipinski definition) is 1. The van der Waals surface area contributed by atoms with Crippen molar-refractivity contribution in [2.24, 2.45) is 0 Å². The van der Waals surface area contributed by atoms with Gasteiger partial charge in [0.25, 0.3) is 5.91 Å². The van der Waals surface area contributed by atoms with Crippen LogP contribution >= 0.6 is 0 Å². The quantitative estimate of drug-likeness (QED) is 0.843. The Bertz CT molecular complexity index is 477. The molecule has 0 radical (unpaired) electrons. The van der Waals surface area contributed by atoms with E-state index < -0.39 is 0 Å². The van der Waals surface area contributed by atoms with Crippen molar-refractivity contribution in [1.29, 1.82) is 0 Å². The van der Waals surface area contributed by atoms with Gasteiger partial charge in [0.2, 0.25) is 0 Å². The number of furan rings is 1. The van der Waals surface area contributed by atoms with E-state index in [-0.39, 0.29) is 5.91 Å². The fourth-order valence-corrected chi connectivity index (χ4v) is 1.43. The molecule has 0 bridgehead atoms. The maximum Gasteiger partial charge on any atom is 0.255 e. The summed E-state index contributed by atoms with van der Waals surface area (Å²) >= 11 is 0. The maximum atomic E-state index is 11.7. The first-order valence-electron chi connectivity index (χ1n) is 5.05. The second-order valence-electron chi connectivity index (χ2n) is 3.46. The van der Waals surface area contributed by atoms with Gasteiger partial charge < -0.3 is 9.73 Å². The Balaban J connectivity index is 1.97. The van der Waals surface area contributed by atoms with Gasteiger partial charge in [0.15, 0.2) is 11.9 Å². The fourth-order valence-electron chi connectivity index (χ4n) is 1.43. The van der Waals surface area contributed by atoms with Gasteiger partial charge in [-0.15, -0.1) is 0 Å². The molecular formula is C12H13N2O2+. The van der Waals surface area contributed by atoms with Gasteiger partial charge in [0.05, 0.1) is 11.8 Å². The number of rotatable bonds is 3. The van der Waals surface area contributed by atoms with Crippen LogP contribution in [-0.4, -0.2) is 5.91 Å². The van der Waals surface area contributed by atoms with Crippen LogP contribution in [0.1, 0.15) is 21.8 Å². The summed E-state index contributed by atoms with van der Waals surface area (Å²) in [5.41, 5.74) is 1.54. The van der Waals surface area contributed by atoms with Gasteiger partial charge in [-0.3, -0.25) is 4.79 Å². The Kier molecular flexibility index (Phi) is 3.00. The van der Waals surface area contributed by atoms with Crippen molar-refractivity contribution in [2.45, 2.75) is 13.5 Å². The van der Waals surface area contributed by atoms with Gasteiger partial charge >= 0.3 is 0 Å². The number of amides is 1. The van der Waals surface area contributed by atoms with Crippen molar-refractivity contribution in [3.8, 4) is 0 Å². The molecule has 0 atom stereocenters. The molecule has 4 nitrogen and oxygen atoms in total. The number of aryl methyl sites for hydroxylation is 1. The Hall–Kier alpha value is -2.10. The molecule has 0 aliphatic carbocycles. The topological polar surface area (TPSA) is 56.4 Å². The third kappa shape index (κ3) is 2.28. The Morgan fingerprint density at radius 1 is 1.44 bits per heavy atom. The van der Waals surface area contributed by atoms with Crippen LogP contribution in [0.3, 0.4) is 0 Å². The van der Waals surface area contributed by atoms with Crippen molar-refractivity contribution >= 4 is 5.91 Å². The lowest BCUT2D eigenvalue weighted by molar-refractivity contribution is -0.390. The van der Waals surface area contributed by atoms with Crippen LogP contribution in [0.15, 0.2) is 41.1 Å². The molecule has 1 amide bonds. The summed E-state index contributed by atoms with van der Waals surface area (Å²) < 4.78 is 5.07. The maximum absolute atomic E-state index is 11.7. The van der Waals surface area contributed by atoms with Crippen molar-refractivity contribution in [1.82, 2.24) is 5.32 Å². The average molecular weight is 217 g/mol. The molecular weight excluding hydrogens is 204 g/mol. The minimum Gasteiger partial charge on any atom is -0.469 e. The van der Waals surface area contributed by atoms with Crippen molar-refractivity contribution in [2.75, 3.05) is 0 Å². The average Bonchev–Trinajstić information content (AvgIpc) is 2.74. The van der Waals surface area contributed by atoms with Gasteiger partial charge in [0, 0.05) is 12.1 Å². The number of aromatic nitrogens is 1. The van der Waals surface area contributed by atoms with E-state index in [4.69, 9.17) is 4.42 Å². The van der Waals surface area contributed by atoms with Gasteiger partial charge in [0.1, 0.15) is 12.3 Å². The zero-order valence-electron chi connectivity index (χ0n) is 8.99. The monoisotopic (exact) mass is 217 g/mol. The number of hydrogen-bond acceptors (Lipinski definition) is 2. The minimum absolute atomic E-state index is 0.122. The molecule has 0 saturated carbocycles. The zero-order valence-corrected chi connectivity index (χ0v) is 8.99. The molecule has 0 aliphatic rings. The SMILES string of the molecule is Cc1occc1C(=O)NCc1cccc[nH+]1. The molecule has 0 saturated heterocycles. The summed E-state index contributed by atoms with van der Waals surface area (Å²) in [6.45, 7) is 2.24. The van der Waals surface area contributed by atoms with E-state index in [9.17, 15) is 4.79 Å². The molecule has 0 spiro atoms. The number of nitrogens with one attached hydrogen (secondary N) is 2. The van der Waals surface area contributed by atoms with Gasteiger partial charge in [-0.1, -0.05) is 6.07 Å². The van der Waals surface area contributed by atoms with Gasteiger partial charge in [-0.05, 0) is 13.0 Å². The van der Waals surface area contributed by atoms with Crippen LogP contribution in [-0.2, 0) is 6.54 Å². The van der Waals surface area contributed by atoms with E-state index >= 15 is 0 Å². The molecule has 0 fully saturated rings. The van der Waals surface area contributed by atoms with E-state index in [0.717, 1.165) is 5.69 Å². The van der Waals surface area contributed by atoms with E-state index in [1.807, 2.05) is 24.4 Å². The van der Waals surface area contributed by atoms with E-state index in [1.165, 1.54) is 6.26 Å². The molecule has 0 unspecified atom stereocenters. The summed E-state index contributed by atoms with van der Waals surface area (Å²) in [6.07, 6.45) is 3.34. The normalized spacial score (nSPS) is 10.1. The summed E-state index contributed by atoms with van der Waals surface area (Å²) in [5.74, 6) is 0.512. The summed E-state index contributed by atoms with van der Waals surface area (Å²) in [4.78, 5) is 14.8. The van der Waals surface area contributed by atoms with Gasteiger partial charge in [-0.2, -0.15) is 0 Å². The Labute approximate surface area is 93.3 Å². The molecule has 4 heteroatoms. The molecule has 2 rings (SSSR count). The van der Waals surface area contributed by atoms with Crippen molar-refractivity contribution in [3.05, 3.63) is 53.7 Å². The number of carbonyl (C=O) groups is 1. The Morgan fingerprint density at radius 2 is 2.31 bits per heavy atom. The van der Waals surface area contributed by atoms with Crippen LogP contribution in [0.2, 0.25) is 0 Å². The molecule has 82 valence electrons. The Morgan fingerprint density at radius 3 is 2.94 bits per heavy atom. The molecule has 0 aromatic carbocycles. The van der Waals surface area contributed by atoms with E-state index in [0.29, 0.717) is 17.9 Å². The number of pyridine rings is 1. The van der Waals surface area contributed by atoms with Crippen molar-refractivity contribution in [3.63, 3.8) is 0 Å². The number of H-pyrrole nitrogens is 1. The second-order valence-corrected chi connectivity index (χ2v) is 3.46. The van der Waals surface area contributed by atoms with Crippen LogP contribution in [0.4, 0.5) is 0 Å². The minimum atomic E-state index is -0.122. The first-order chi connectivity index (χ1) is 7.77. The van der Waals surface area contributed by atoms with E-state index in [2.05, 4.69) is 10.3 Å². The van der Waals surface area contributed by atoms with Crippen LogP contribution in [0, 0.1) is 6.92 Å². The standard InChI is InChI=1S/C12H12N2O2/c1-9-11(5-7-16-9)12(15)14-8-10-4-2-3-6-13-10/h2-7H,8H2,1H3,(H,14,15)/p+1. The van der Waals surface area contributed by atoms with Crippen LogP contribution < -0.4 is 10.3 Å². The predicted molar refractivity (Wildman–Crippen MR) is 57.6 cm³/mol. The summed E-state index contributed by atoms with van der Waals surface area (Å²) in [5, 5.41) is 2.81. The third-order valence-corrected chi connectivity index (χ3v) is 2.32. The second kappa shape index (κ2) is 4.61. The smallest absolute Gasteiger partial charge is 0.255 e. The first kappa shape index (κ1) is 10.4. The fraction of sp³-hybridized carbons (Fsp3) is 0.167. The molecule has 2 N–H and O–H groups in total. The third-order valence-electron chi connectivity index (χ3n) is 2.32. The summed E-state index contributed by atoms with van der Waals surface area (Å²) in [6, 6.07) is 7.40. The highest BCUT2D eigenvalue weighted by Crippen LogP contribution is 2.08. The molecule has 16 heavy (non-hydrogen) atoms. The highest BCUT2D eigenvalue weighted by atomic mass is 16.3. The lowest BCUT2D eigenvalue weighted by Gasteiger charge is -2.00. The summed E-state index contributed by atoms with van der Waals surface area (Å²) in [7, 11) is 0. The first-order valence-corrected chi connectivity index (χ1v) is 5.05. The number of carbonyl (C=O) groups excluding carboxylic acids is 1. The lowest BCUT2D eigenvalue weighted by atomic mass is 10.2. The molecule has 2 aromatic rings. The van der Waals surface area contributed by atoms with E-state index in [1.54, 1.807) is 13.0 Å². The molecule has 2 aromatic heterocycles. The van der Waals surface area contributed by atoms with Crippen molar-refractivity contribution < 1.29 is 14.2 Å². The largest absolute Gasteiger partial charge is 0.469 e. The molecule has 0 aliphatic heterocycles. The van der Waals surface area contributed by atoms with Crippen LogP contribution in [0.25, 0.3) is 0 Å². The lowest BCUT2D eigenvalue weighted by Crippen LogP contribution is -2.26. The van der Waals surface area contributed by atoms with Crippen LogP contribution in [0.5, 0.6) is 0 Å². The van der Waals surface area contributed by atoms with Gasteiger partial charge in [-0.25, -0.2) is 4.98 Å². The zero-order chi connectivity index (χ0) is 11.4. The predicted octanol–water partition coefficient (Wildman–Crippen LogP) is 1.33. The highest BCUT2D eigenvalue weighted by molar-refractivity contribution is 5.94. The highest BCUT2D eigenvalue weighted by Gasteiger charge is 2.11. The number of aromatic amines is 1.